The Morgan fingerprint density at radius 3 is 3.17 bits per heavy atom. The van der Waals surface area contributed by atoms with Crippen LogP contribution < -0.4 is 5.32 Å². The number of hydrogen-bond acceptors (Lipinski definition) is 4. The van der Waals surface area contributed by atoms with E-state index < -0.39 is 5.60 Å². The Morgan fingerprint density at radius 2 is 2.38 bits per heavy atom. The Morgan fingerprint density at radius 1 is 1.50 bits per heavy atom. The Hall–Kier alpha value is -2.57. The number of ether oxygens (including phenoxy) is 1. The minimum absolute atomic E-state index is 0.0420. The molecular weight excluding hydrogens is 308 g/mol. The second-order valence-corrected chi connectivity index (χ2v) is 6.66. The molecule has 1 spiro atoms. The van der Waals surface area contributed by atoms with Gasteiger partial charge in [0.2, 0.25) is 5.91 Å². The van der Waals surface area contributed by atoms with Gasteiger partial charge in [0.1, 0.15) is 11.2 Å². The molecule has 2 aromatic rings. The lowest BCUT2D eigenvalue weighted by atomic mass is 9.93. The van der Waals surface area contributed by atoms with E-state index in [9.17, 15) is 9.59 Å². The van der Waals surface area contributed by atoms with Crippen LogP contribution in [0.1, 0.15) is 24.1 Å². The predicted molar refractivity (Wildman–Crippen MR) is 86.7 cm³/mol. The van der Waals surface area contributed by atoms with Crippen molar-refractivity contribution in [2.45, 2.75) is 31.8 Å². The summed E-state index contributed by atoms with van der Waals surface area (Å²) in [5.41, 5.74) is 2.28. The van der Waals surface area contributed by atoms with Crippen molar-refractivity contribution >= 4 is 17.6 Å². The second kappa shape index (κ2) is 5.51. The first-order valence-electron chi connectivity index (χ1n) is 8.23. The largest absolute Gasteiger partial charge is 0.439 e. The maximum atomic E-state index is 12.7. The molecule has 2 aliphatic rings. The molecule has 7 nitrogen and oxygen atoms in total. The number of aromatic nitrogens is 2. The summed E-state index contributed by atoms with van der Waals surface area (Å²) in [6.45, 7) is 3.64. The van der Waals surface area contributed by atoms with Gasteiger partial charge in [0, 0.05) is 18.9 Å². The van der Waals surface area contributed by atoms with E-state index in [4.69, 9.17) is 4.74 Å². The zero-order chi connectivity index (χ0) is 16.7. The predicted octanol–water partition coefficient (Wildman–Crippen LogP) is 1.29. The number of carbonyl (C=O) groups excluding carboxylic acids is 2. The zero-order valence-corrected chi connectivity index (χ0v) is 13.6. The van der Waals surface area contributed by atoms with Crippen molar-refractivity contribution in [3.05, 3.63) is 35.8 Å². The summed E-state index contributed by atoms with van der Waals surface area (Å²) in [6.07, 6.45) is 5.23. The number of amides is 2. The van der Waals surface area contributed by atoms with Crippen LogP contribution in [0.25, 0.3) is 5.65 Å². The van der Waals surface area contributed by atoms with Gasteiger partial charge in [-0.2, -0.15) is 0 Å². The van der Waals surface area contributed by atoms with E-state index in [1.807, 2.05) is 29.7 Å². The number of rotatable bonds is 2. The van der Waals surface area contributed by atoms with Crippen LogP contribution in [-0.4, -0.2) is 51.5 Å². The maximum Gasteiger partial charge on any atom is 0.407 e. The summed E-state index contributed by atoms with van der Waals surface area (Å²) in [7, 11) is 0. The summed E-state index contributed by atoms with van der Waals surface area (Å²) in [4.78, 5) is 30.3. The Balaban J connectivity index is 1.51. The Bertz CT molecular complexity index is 815. The fraction of sp³-hybridized carbons (Fsp3) is 0.471. The van der Waals surface area contributed by atoms with Gasteiger partial charge in [0.15, 0.2) is 0 Å². The summed E-state index contributed by atoms with van der Waals surface area (Å²) < 4.78 is 7.39. The molecule has 24 heavy (non-hydrogen) atoms. The number of alkyl carbamates (subject to hydrolysis) is 1. The molecule has 4 heterocycles. The monoisotopic (exact) mass is 328 g/mol. The van der Waals surface area contributed by atoms with Crippen molar-refractivity contribution in [3.63, 3.8) is 0 Å². The summed E-state index contributed by atoms with van der Waals surface area (Å²) in [5.74, 6) is 0.0420. The highest BCUT2D eigenvalue weighted by molar-refractivity contribution is 5.79. The number of hydrogen-bond donors (Lipinski definition) is 1. The smallest absolute Gasteiger partial charge is 0.407 e. The summed E-state index contributed by atoms with van der Waals surface area (Å²) in [5, 5.41) is 2.70. The van der Waals surface area contributed by atoms with E-state index in [1.54, 1.807) is 11.1 Å². The van der Waals surface area contributed by atoms with Crippen molar-refractivity contribution in [2.75, 3.05) is 19.6 Å². The molecule has 0 radical (unpaired) electrons. The average Bonchev–Trinajstić information content (AvgIpc) is 3.13. The van der Waals surface area contributed by atoms with E-state index >= 15 is 0 Å². The van der Waals surface area contributed by atoms with Gasteiger partial charge in [-0.15, -0.1) is 0 Å². The average molecular weight is 328 g/mol. The minimum atomic E-state index is -0.555. The lowest BCUT2D eigenvalue weighted by Crippen LogP contribution is -2.52. The third-order valence-electron chi connectivity index (χ3n) is 4.90. The second-order valence-electron chi connectivity index (χ2n) is 6.66. The van der Waals surface area contributed by atoms with E-state index in [0.29, 0.717) is 26.1 Å². The number of fused-ring (bicyclic) bond motifs is 1. The van der Waals surface area contributed by atoms with Gasteiger partial charge in [-0.25, -0.2) is 9.78 Å². The quantitative estimate of drug-likeness (QED) is 0.901. The van der Waals surface area contributed by atoms with Crippen LogP contribution in [0.2, 0.25) is 0 Å². The highest BCUT2D eigenvalue weighted by Gasteiger charge is 2.44. The van der Waals surface area contributed by atoms with Crippen LogP contribution in [0, 0.1) is 6.92 Å². The first kappa shape index (κ1) is 15.0. The van der Waals surface area contributed by atoms with Crippen LogP contribution in [-0.2, 0) is 16.0 Å². The molecule has 2 amide bonds. The first-order chi connectivity index (χ1) is 11.6. The first-order valence-corrected chi connectivity index (χ1v) is 8.23. The summed E-state index contributed by atoms with van der Waals surface area (Å²) in [6, 6.07) is 3.96. The highest BCUT2D eigenvalue weighted by Crippen LogP contribution is 2.28. The van der Waals surface area contributed by atoms with Crippen LogP contribution >= 0.6 is 0 Å². The molecule has 2 aromatic heterocycles. The number of imidazole rings is 1. The molecule has 2 fully saturated rings. The molecule has 0 aliphatic carbocycles. The standard InChI is InChI=1S/C17H20N4O3/c1-12-4-2-7-21-13(9-18-15(12)21)8-14(22)20-6-3-5-17(11-20)10-19-16(23)24-17/h2,4,7,9H,3,5-6,8,10-11H2,1H3,(H,19,23)/t17-/m1/s1. The van der Waals surface area contributed by atoms with E-state index in [2.05, 4.69) is 10.3 Å². The molecule has 4 rings (SSSR count). The van der Waals surface area contributed by atoms with Gasteiger partial charge < -0.3 is 19.4 Å². The van der Waals surface area contributed by atoms with Crippen LogP contribution in [0.15, 0.2) is 24.5 Å². The minimum Gasteiger partial charge on any atom is -0.439 e. The molecule has 0 bridgehead atoms. The third kappa shape index (κ3) is 2.50. The van der Waals surface area contributed by atoms with Gasteiger partial charge >= 0.3 is 6.09 Å². The highest BCUT2D eigenvalue weighted by atomic mass is 16.6. The number of piperidine rings is 1. The van der Waals surface area contributed by atoms with Gasteiger partial charge in [-0.1, -0.05) is 6.07 Å². The number of pyridine rings is 1. The van der Waals surface area contributed by atoms with Crippen molar-refractivity contribution in [3.8, 4) is 0 Å². The van der Waals surface area contributed by atoms with Crippen LogP contribution in [0.5, 0.6) is 0 Å². The van der Waals surface area contributed by atoms with E-state index in [-0.39, 0.29) is 12.0 Å². The molecule has 126 valence electrons. The molecule has 0 unspecified atom stereocenters. The molecule has 2 saturated heterocycles. The van der Waals surface area contributed by atoms with Crippen LogP contribution in [0.3, 0.4) is 0 Å². The van der Waals surface area contributed by atoms with Crippen molar-refractivity contribution < 1.29 is 14.3 Å². The van der Waals surface area contributed by atoms with Crippen molar-refractivity contribution in [1.82, 2.24) is 19.6 Å². The molecule has 1 N–H and O–H groups in total. The number of carbonyl (C=O) groups is 2. The normalized spacial score (nSPS) is 23.5. The molecule has 2 aliphatic heterocycles. The van der Waals surface area contributed by atoms with E-state index in [1.165, 1.54) is 0 Å². The molecule has 1 atom stereocenters. The lowest BCUT2D eigenvalue weighted by Gasteiger charge is -2.38. The number of nitrogens with zero attached hydrogens (tertiary/aromatic N) is 3. The fourth-order valence-electron chi connectivity index (χ4n) is 3.64. The Labute approximate surface area is 139 Å². The van der Waals surface area contributed by atoms with E-state index in [0.717, 1.165) is 29.7 Å². The van der Waals surface area contributed by atoms with Gasteiger partial charge in [0.25, 0.3) is 0 Å². The number of likely N-dealkylation sites (tertiary alicyclic amines) is 1. The topological polar surface area (TPSA) is 75.9 Å². The lowest BCUT2D eigenvalue weighted by molar-refractivity contribution is -0.136. The van der Waals surface area contributed by atoms with Gasteiger partial charge in [0.05, 0.1) is 25.2 Å². The fourth-order valence-corrected chi connectivity index (χ4v) is 3.64. The number of nitrogens with one attached hydrogen (secondary N) is 1. The SMILES string of the molecule is Cc1cccn2c(CC(=O)N3CCC[C@@]4(CNC(=O)O4)C3)cnc12. The summed E-state index contributed by atoms with van der Waals surface area (Å²) >= 11 is 0. The van der Waals surface area contributed by atoms with Gasteiger partial charge in [-0.3, -0.25) is 4.79 Å². The molecule has 7 heteroatoms. The Kier molecular flexibility index (Phi) is 3.44. The molecular formula is C17H20N4O3. The van der Waals surface area contributed by atoms with Crippen molar-refractivity contribution in [1.29, 1.82) is 0 Å². The zero-order valence-electron chi connectivity index (χ0n) is 13.6. The maximum absolute atomic E-state index is 12.7. The number of aryl methyl sites for hydroxylation is 1. The molecule has 0 saturated carbocycles. The van der Waals surface area contributed by atoms with Gasteiger partial charge in [-0.05, 0) is 31.4 Å². The van der Waals surface area contributed by atoms with Crippen LogP contribution in [0.4, 0.5) is 4.79 Å². The molecule has 0 aromatic carbocycles. The van der Waals surface area contributed by atoms with Crippen molar-refractivity contribution in [2.24, 2.45) is 0 Å². The third-order valence-corrected chi connectivity index (χ3v) is 4.90.